The van der Waals surface area contributed by atoms with Crippen LogP contribution in [0.3, 0.4) is 0 Å². The fourth-order valence-electron chi connectivity index (χ4n) is 1.43. The molecule has 0 aromatic rings. The minimum atomic E-state index is 0. The van der Waals surface area contributed by atoms with Gasteiger partial charge in [0.15, 0.2) is 5.96 Å². The zero-order valence-electron chi connectivity index (χ0n) is 13.3. The quantitative estimate of drug-likeness (QED) is 0.242. The van der Waals surface area contributed by atoms with Crippen molar-refractivity contribution in [1.82, 2.24) is 16.0 Å². The number of guanidine groups is 1. The van der Waals surface area contributed by atoms with Crippen molar-refractivity contribution in [3.8, 4) is 0 Å². The molecule has 120 valence electrons. The van der Waals surface area contributed by atoms with Crippen molar-refractivity contribution in [2.24, 2.45) is 4.99 Å². The van der Waals surface area contributed by atoms with E-state index in [1.54, 1.807) is 0 Å². The first-order valence-electron chi connectivity index (χ1n) is 7.45. The molecular weight excluding hydrogens is 367 g/mol. The van der Waals surface area contributed by atoms with Crippen LogP contribution in [-0.2, 0) is 4.79 Å². The van der Waals surface area contributed by atoms with E-state index in [-0.39, 0.29) is 35.9 Å². The van der Waals surface area contributed by atoms with Crippen molar-refractivity contribution in [3.05, 3.63) is 0 Å². The van der Waals surface area contributed by atoms with E-state index < -0.39 is 0 Å². The number of hydrogen-bond donors (Lipinski definition) is 3. The first kappa shape index (κ1) is 21.8. The minimum absolute atomic E-state index is 0. The lowest BCUT2D eigenvalue weighted by atomic mass is 10.2. The topological polar surface area (TPSA) is 65.5 Å². The highest BCUT2D eigenvalue weighted by atomic mass is 127. The van der Waals surface area contributed by atoms with E-state index in [9.17, 15) is 4.79 Å². The van der Waals surface area contributed by atoms with Crippen LogP contribution in [0.4, 0.5) is 0 Å². The zero-order chi connectivity index (χ0) is 14.5. The molecule has 0 heterocycles. The van der Waals surface area contributed by atoms with Gasteiger partial charge in [-0.05, 0) is 26.7 Å². The van der Waals surface area contributed by atoms with Gasteiger partial charge in [0, 0.05) is 32.1 Å². The smallest absolute Gasteiger partial charge is 0.221 e. The van der Waals surface area contributed by atoms with Gasteiger partial charge in [0.1, 0.15) is 0 Å². The summed E-state index contributed by atoms with van der Waals surface area (Å²) in [5, 5.41) is 9.30. The Kier molecular flexibility index (Phi) is 16.2. The number of nitrogens with zero attached hydrogens (tertiary/aromatic N) is 1. The van der Waals surface area contributed by atoms with Crippen molar-refractivity contribution in [2.75, 3.05) is 19.6 Å². The van der Waals surface area contributed by atoms with Crippen molar-refractivity contribution in [3.63, 3.8) is 0 Å². The molecule has 0 radical (unpaired) electrons. The largest absolute Gasteiger partial charge is 0.357 e. The Labute approximate surface area is 140 Å². The molecule has 0 aromatic carbocycles. The highest BCUT2D eigenvalue weighted by Crippen LogP contribution is 1.90. The van der Waals surface area contributed by atoms with Crippen molar-refractivity contribution < 1.29 is 4.79 Å². The van der Waals surface area contributed by atoms with Crippen LogP contribution in [0, 0.1) is 0 Å². The Bertz CT molecular complexity index is 272. The van der Waals surface area contributed by atoms with Crippen molar-refractivity contribution >= 4 is 35.8 Å². The van der Waals surface area contributed by atoms with Crippen LogP contribution >= 0.6 is 24.0 Å². The molecule has 1 unspecified atom stereocenters. The number of halogens is 1. The molecule has 0 fully saturated rings. The lowest BCUT2D eigenvalue weighted by molar-refractivity contribution is -0.121. The molecule has 0 bridgehead atoms. The fraction of sp³-hybridized carbons (Fsp3) is 0.857. The van der Waals surface area contributed by atoms with Gasteiger partial charge in [-0.1, -0.05) is 20.3 Å². The molecule has 0 aromatic heterocycles. The van der Waals surface area contributed by atoms with E-state index in [0.717, 1.165) is 38.3 Å². The Balaban J connectivity index is 0. The van der Waals surface area contributed by atoms with Gasteiger partial charge < -0.3 is 16.0 Å². The van der Waals surface area contributed by atoms with Gasteiger partial charge in [0.05, 0.1) is 0 Å². The summed E-state index contributed by atoms with van der Waals surface area (Å²) >= 11 is 0. The van der Waals surface area contributed by atoms with Crippen LogP contribution in [0.1, 0.15) is 53.4 Å². The Morgan fingerprint density at radius 2 is 1.90 bits per heavy atom. The van der Waals surface area contributed by atoms with Gasteiger partial charge in [-0.3, -0.25) is 9.79 Å². The number of carbonyl (C=O) groups is 1. The monoisotopic (exact) mass is 398 g/mol. The second-order valence-corrected chi connectivity index (χ2v) is 4.67. The Hall–Kier alpha value is -0.530. The molecule has 0 saturated heterocycles. The number of amides is 1. The normalized spacial score (nSPS) is 12.3. The fourth-order valence-corrected chi connectivity index (χ4v) is 1.43. The molecule has 0 rings (SSSR count). The average Bonchev–Trinajstić information content (AvgIpc) is 2.38. The summed E-state index contributed by atoms with van der Waals surface area (Å²) in [4.78, 5) is 16.0. The summed E-state index contributed by atoms with van der Waals surface area (Å²) in [6.45, 7) is 10.5. The van der Waals surface area contributed by atoms with E-state index in [4.69, 9.17) is 0 Å². The number of hydrogen-bond acceptors (Lipinski definition) is 2. The molecular formula is C14H31IN4O. The number of aliphatic imine (C=N–C) groups is 1. The second kappa shape index (κ2) is 14.9. The van der Waals surface area contributed by atoms with Gasteiger partial charge in [0.25, 0.3) is 0 Å². The average molecular weight is 398 g/mol. The second-order valence-electron chi connectivity index (χ2n) is 4.67. The van der Waals surface area contributed by atoms with Crippen molar-refractivity contribution in [1.29, 1.82) is 0 Å². The van der Waals surface area contributed by atoms with Crippen LogP contribution in [0.25, 0.3) is 0 Å². The highest BCUT2D eigenvalue weighted by Gasteiger charge is 2.05. The van der Waals surface area contributed by atoms with Crippen LogP contribution in [-0.4, -0.2) is 37.5 Å². The van der Waals surface area contributed by atoms with E-state index in [0.29, 0.717) is 13.0 Å². The summed E-state index contributed by atoms with van der Waals surface area (Å²) in [6, 6.07) is 0.249. The summed E-state index contributed by atoms with van der Waals surface area (Å²) < 4.78 is 0. The Morgan fingerprint density at radius 3 is 2.45 bits per heavy atom. The van der Waals surface area contributed by atoms with Crippen LogP contribution in [0.2, 0.25) is 0 Å². The predicted molar refractivity (Wildman–Crippen MR) is 96.8 cm³/mol. The summed E-state index contributed by atoms with van der Waals surface area (Å²) in [7, 11) is 0. The van der Waals surface area contributed by atoms with Crippen LogP contribution < -0.4 is 16.0 Å². The van der Waals surface area contributed by atoms with Gasteiger partial charge in [-0.25, -0.2) is 0 Å². The molecule has 1 atom stereocenters. The molecule has 0 aliphatic carbocycles. The van der Waals surface area contributed by atoms with E-state index in [1.165, 1.54) is 0 Å². The third-order valence-corrected chi connectivity index (χ3v) is 2.79. The summed E-state index contributed by atoms with van der Waals surface area (Å²) in [5.41, 5.74) is 0. The molecule has 20 heavy (non-hydrogen) atoms. The molecule has 6 heteroatoms. The van der Waals surface area contributed by atoms with Gasteiger partial charge in [-0.2, -0.15) is 0 Å². The maximum atomic E-state index is 11.6. The van der Waals surface area contributed by atoms with Gasteiger partial charge in [-0.15, -0.1) is 24.0 Å². The number of rotatable bonds is 9. The maximum Gasteiger partial charge on any atom is 0.221 e. The number of unbranched alkanes of at least 4 members (excludes halogenated alkanes) is 1. The molecule has 3 N–H and O–H groups in total. The van der Waals surface area contributed by atoms with Crippen LogP contribution in [0.5, 0.6) is 0 Å². The van der Waals surface area contributed by atoms with Gasteiger partial charge in [0.2, 0.25) is 5.91 Å². The van der Waals surface area contributed by atoms with Gasteiger partial charge >= 0.3 is 0 Å². The van der Waals surface area contributed by atoms with E-state index in [1.807, 2.05) is 13.8 Å². The summed E-state index contributed by atoms with van der Waals surface area (Å²) in [5.74, 6) is 0.888. The van der Waals surface area contributed by atoms with E-state index in [2.05, 4.69) is 34.8 Å². The number of nitrogens with one attached hydrogen (secondary N) is 3. The van der Waals surface area contributed by atoms with E-state index >= 15 is 0 Å². The molecule has 5 nitrogen and oxygen atoms in total. The molecule has 0 aliphatic heterocycles. The Morgan fingerprint density at radius 1 is 1.20 bits per heavy atom. The lowest BCUT2D eigenvalue weighted by Crippen LogP contribution is -2.40. The first-order valence-corrected chi connectivity index (χ1v) is 7.45. The zero-order valence-corrected chi connectivity index (χ0v) is 15.6. The highest BCUT2D eigenvalue weighted by molar-refractivity contribution is 14.0. The van der Waals surface area contributed by atoms with Crippen LogP contribution in [0.15, 0.2) is 4.99 Å². The third kappa shape index (κ3) is 12.5. The third-order valence-electron chi connectivity index (χ3n) is 2.79. The molecule has 0 saturated carbocycles. The molecule has 1 amide bonds. The lowest BCUT2D eigenvalue weighted by Gasteiger charge is -2.13. The maximum absolute atomic E-state index is 11.6. The number of carbonyl (C=O) groups excluding carboxylic acids is 1. The van der Waals surface area contributed by atoms with Crippen molar-refractivity contribution in [2.45, 2.75) is 59.4 Å². The molecule has 0 spiro atoms. The molecule has 0 aliphatic rings. The standard InChI is InChI=1S/C14H30N4O.HI/c1-5-8-10-16-14(15-7-3)17-11-9-13(19)18-12(4)6-2;/h12H,5-11H2,1-4H3,(H,18,19)(H2,15,16,17);1H. The first-order chi connectivity index (χ1) is 9.13. The SMILES string of the molecule is CCCCN=C(NCC)NCCC(=O)NC(C)CC.I. The minimum Gasteiger partial charge on any atom is -0.357 e. The summed E-state index contributed by atoms with van der Waals surface area (Å²) in [6.07, 6.45) is 3.66. The predicted octanol–water partition coefficient (Wildman–Crippen LogP) is 2.26.